The molecule has 1 aromatic carbocycles. The zero-order valence-corrected chi connectivity index (χ0v) is 12.4. The first-order valence-electron chi connectivity index (χ1n) is 6.50. The number of pyridine rings is 1. The fourth-order valence-corrected chi connectivity index (χ4v) is 2.06. The maximum atomic E-state index is 12.3. The van der Waals surface area contributed by atoms with Crippen molar-refractivity contribution < 1.29 is 14.5 Å². The summed E-state index contributed by atoms with van der Waals surface area (Å²) in [6.45, 7) is 3.38. The molecule has 114 valence electrons. The van der Waals surface area contributed by atoms with E-state index >= 15 is 0 Å². The number of rotatable bonds is 4. The van der Waals surface area contributed by atoms with E-state index in [1.807, 2.05) is 6.92 Å². The number of nitrogens with one attached hydrogen (secondary N) is 1. The molecule has 0 aliphatic heterocycles. The SMILES string of the molecule is COc1c(C(=O)Nc2ccc(C)nc2)ccc([N+](=O)[O-])c1C. The van der Waals surface area contributed by atoms with Crippen LogP contribution in [0.15, 0.2) is 30.5 Å². The number of methoxy groups -OCH3 is 1. The van der Waals surface area contributed by atoms with Gasteiger partial charge in [0.2, 0.25) is 0 Å². The van der Waals surface area contributed by atoms with Gasteiger partial charge >= 0.3 is 0 Å². The molecule has 1 aromatic heterocycles. The number of carbonyl (C=O) groups is 1. The molecule has 0 saturated carbocycles. The van der Waals surface area contributed by atoms with E-state index in [0.29, 0.717) is 11.3 Å². The van der Waals surface area contributed by atoms with Crippen molar-refractivity contribution in [1.29, 1.82) is 0 Å². The molecule has 0 unspecified atom stereocenters. The molecule has 0 radical (unpaired) electrons. The predicted octanol–water partition coefficient (Wildman–Crippen LogP) is 2.87. The van der Waals surface area contributed by atoms with Crippen LogP contribution in [0.3, 0.4) is 0 Å². The van der Waals surface area contributed by atoms with E-state index in [9.17, 15) is 14.9 Å². The largest absolute Gasteiger partial charge is 0.495 e. The van der Waals surface area contributed by atoms with E-state index in [-0.39, 0.29) is 17.0 Å². The molecular weight excluding hydrogens is 286 g/mol. The lowest BCUT2D eigenvalue weighted by molar-refractivity contribution is -0.385. The number of aromatic nitrogens is 1. The van der Waals surface area contributed by atoms with Gasteiger partial charge in [-0.25, -0.2) is 0 Å². The van der Waals surface area contributed by atoms with Crippen LogP contribution >= 0.6 is 0 Å². The van der Waals surface area contributed by atoms with Gasteiger partial charge in [0.15, 0.2) is 0 Å². The highest BCUT2D eigenvalue weighted by Gasteiger charge is 2.21. The van der Waals surface area contributed by atoms with E-state index in [0.717, 1.165) is 5.69 Å². The van der Waals surface area contributed by atoms with E-state index in [1.165, 1.54) is 25.4 Å². The number of aryl methyl sites for hydroxylation is 1. The molecule has 0 saturated heterocycles. The second-order valence-corrected chi connectivity index (χ2v) is 4.69. The van der Waals surface area contributed by atoms with Crippen molar-refractivity contribution in [1.82, 2.24) is 4.98 Å². The smallest absolute Gasteiger partial charge is 0.276 e. The number of ether oxygens (including phenoxy) is 1. The van der Waals surface area contributed by atoms with E-state index in [1.54, 1.807) is 19.1 Å². The Bertz CT molecular complexity index is 726. The Labute approximate surface area is 127 Å². The number of amides is 1. The normalized spacial score (nSPS) is 10.1. The Balaban J connectivity index is 2.35. The molecule has 2 aromatic rings. The second kappa shape index (κ2) is 6.21. The first kappa shape index (κ1) is 15.4. The molecule has 22 heavy (non-hydrogen) atoms. The van der Waals surface area contributed by atoms with Crippen LogP contribution in [0.25, 0.3) is 0 Å². The molecule has 0 bridgehead atoms. The average molecular weight is 301 g/mol. The zero-order valence-electron chi connectivity index (χ0n) is 12.4. The highest BCUT2D eigenvalue weighted by molar-refractivity contribution is 6.06. The van der Waals surface area contributed by atoms with Crippen molar-refractivity contribution in [2.45, 2.75) is 13.8 Å². The van der Waals surface area contributed by atoms with Gasteiger partial charge in [0.1, 0.15) is 5.75 Å². The van der Waals surface area contributed by atoms with E-state index in [4.69, 9.17) is 4.74 Å². The monoisotopic (exact) mass is 301 g/mol. The topological polar surface area (TPSA) is 94.4 Å². The number of carbonyl (C=O) groups excluding carboxylic acids is 1. The van der Waals surface area contributed by atoms with E-state index < -0.39 is 10.8 Å². The summed E-state index contributed by atoms with van der Waals surface area (Å²) in [5.41, 5.74) is 1.81. The number of benzene rings is 1. The minimum atomic E-state index is -0.510. The first-order chi connectivity index (χ1) is 10.4. The third-order valence-electron chi connectivity index (χ3n) is 3.19. The summed E-state index contributed by atoms with van der Waals surface area (Å²) >= 11 is 0. The van der Waals surface area contributed by atoms with Gasteiger partial charge in [0, 0.05) is 11.8 Å². The molecule has 1 heterocycles. The van der Waals surface area contributed by atoms with Crippen molar-refractivity contribution in [2.75, 3.05) is 12.4 Å². The molecule has 1 N–H and O–H groups in total. The summed E-state index contributed by atoms with van der Waals surface area (Å²) < 4.78 is 5.16. The summed E-state index contributed by atoms with van der Waals surface area (Å²) in [4.78, 5) is 26.8. The third-order valence-corrected chi connectivity index (χ3v) is 3.19. The number of nitro benzene ring substituents is 1. The molecule has 7 nitrogen and oxygen atoms in total. The molecule has 0 spiro atoms. The Morgan fingerprint density at radius 1 is 1.27 bits per heavy atom. The minimum Gasteiger partial charge on any atom is -0.495 e. The molecule has 2 rings (SSSR count). The molecule has 7 heteroatoms. The van der Waals surface area contributed by atoms with Gasteiger partial charge in [0.05, 0.1) is 35.0 Å². The minimum absolute atomic E-state index is 0.0922. The van der Waals surface area contributed by atoms with Crippen molar-refractivity contribution >= 4 is 17.3 Å². The summed E-state index contributed by atoms with van der Waals surface area (Å²) in [6.07, 6.45) is 1.54. The lowest BCUT2D eigenvalue weighted by Gasteiger charge is -2.11. The van der Waals surface area contributed by atoms with Crippen LogP contribution in [0.5, 0.6) is 5.75 Å². The van der Waals surface area contributed by atoms with Crippen molar-refractivity contribution in [2.24, 2.45) is 0 Å². The van der Waals surface area contributed by atoms with Crippen LogP contribution in [0, 0.1) is 24.0 Å². The number of hydrogen-bond acceptors (Lipinski definition) is 5. The Morgan fingerprint density at radius 2 is 2.00 bits per heavy atom. The second-order valence-electron chi connectivity index (χ2n) is 4.69. The zero-order chi connectivity index (χ0) is 16.3. The van der Waals surface area contributed by atoms with Gasteiger partial charge in [-0.3, -0.25) is 19.9 Å². The molecule has 0 atom stereocenters. The predicted molar refractivity (Wildman–Crippen MR) is 81.3 cm³/mol. The Kier molecular flexibility index (Phi) is 4.36. The van der Waals surface area contributed by atoms with Gasteiger partial charge in [-0.1, -0.05) is 0 Å². The summed E-state index contributed by atoms with van der Waals surface area (Å²) in [5, 5.41) is 13.6. The van der Waals surface area contributed by atoms with Gasteiger partial charge in [-0.15, -0.1) is 0 Å². The first-order valence-corrected chi connectivity index (χ1v) is 6.50. The fourth-order valence-electron chi connectivity index (χ4n) is 2.06. The lowest BCUT2D eigenvalue weighted by Crippen LogP contribution is -2.14. The van der Waals surface area contributed by atoms with Crippen molar-refractivity contribution in [3.05, 3.63) is 57.4 Å². The standard InChI is InChI=1S/C15H15N3O4/c1-9-4-5-11(8-16-9)17-15(19)12-6-7-13(18(20)21)10(2)14(12)22-3/h4-8H,1-3H3,(H,17,19). The van der Waals surface area contributed by atoms with Crippen molar-refractivity contribution in [3.63, 3.8) is 0 Å². The third kappa shape index (κ3) is 3.03. The van der Waals surface area contributed by atoms with Gasteiger partial charge < -0.3 is 10.1 Å². The maximum Gasteiger partial charge on any atom is 0.276 e. The maximum absolute atomic E-state index is 12.3. The highest BCUT2D eigenvalue weighted by Crippen LogP contribution is 2.31. The number of nitrogens with zero attached hydrogens (tertiary/aromatic N) is 2. The summed E-state index contributed by atoms with van der Waals surface area (Å²) in [7, 11) is 1.37. The van der Waals surface area contributed by atoms with Gasteiger partial charge in [0.25, 0.3) is 11.6 Å². The Morgan fingerprint density at radius 3 is 2.55 bits per heavy atom. The summed E-state index contributed by atoms with van der Waals surface area (Å²) in [6, 6.07) is 6.17. The van der Waals surface area contributed by atoms with E-state index in [2.05, 4.69) is 10.3 Å². The van der Waals surface area contributed by atoms with Crippen molar-refractivity contribution in [3.8, 4) is 5.75 Å². The van der Waals surface area contributed by atoms with Crippen LogP contribution in [0.4, 0.5) is 11.4 Å². The molecule has 0 aliphatic carbocycles. The molecule has 1 amide bonds. The fraction of sp³-hybridized carbons (Fsp3) is 0.200. The highest BCUT2D eigenvalue weighted by atomic mass is 16.6. The molecule has 0 fully saturated rings. The van der Waals surface area contributed by atoms with Crippen LogP contribution < -0.4 is 10.1 Å². The van der Waals surface area contributed by atoms with Gasteiger partial charge in [-0.05, 0) is 32.0 Å². The number of hydrogen-bond donors (Lipinski definition) is 1. The van der Waals surface area contributed by atoms with Crippen LogP contribution in [-0.2, 0) is 0 Å². The van der Waals surface area contributed by atoms with Crippen LogP contribution in [0.2, 0.25) is 0 Å². The average Bonchev–Trinajstić information content (AvgIpc) is 2.48. The van der Waals surface area contributed by atoms with Gasteiger partial charge in [-0.2, -0.15) is 0 Å². The quantitative estimate of drug-likeness (QED) is 0.692. The van der Waals surface area contributed by atoms with Crippen LogP contribution in [-0.4, -0.2) is 22.9 Å². The van der Waals surface area contributed by atoms with Crippen LogP contribution in [0.1, 0.15) is 21.6 Å². The number of nitro groups is 1. The number of anilines is 1. The lowest BCUT2D eigenvalue weighted by atomic mass is 10.1. The molecule has 0 aliphatic rings. The Hall–Kier alpha value is -2.96. The summed E-state index contributed by atoms with van der Waals surface area (Å²) in [5.74, 6) is -0.229. The molecular formula is C15H15N3O4.